The van der Waals surface area contributed by atoms with Crippen molar-refractivity contribution in [1.82, 2.24) is 14.8 Å². The normalized spacial score (nSPS) is 21.6. The Balaban J connectivity index is 1.58. The first kappa shape index (κ1) is 18.2. The molecule has 144 valence electrons. The van der Waals surface area contributed by atoms with Crippen LogP contribution in [0, 0.1) is 11.8 Å². The average molecular weight is 367 g/mol. The van der Waals surface area contributed by atoms with E-state index < -0.39 is 0 Å². The maximum atomic E-state index is 13.2. The number of carbonyl (C=O) groups is 1. The van der Waals surface area contributed by atoms with Crippen LogP contribution >= 0.6 is 0 Å². The number of rotatable bonds is 4. The van der Waals surface area contributed by atoms with Crippen LogP contribution in [0.25, 0.3) is 10.9 Å². The first-order valence-electron chi connectivity index (χ1n) is 10.1. The van der Waals surface area contributed by atoms with Crippen LogP contribution in [-0.2, 0) is 0 Å². The molecule has 1 saturated carbocycles. The second kappa shape index (κ2) is 7.47. The Morgan fingerprint density at radius 3 is 2.81 bits per heavy atom. The van der Waals surface area contributed by atoms with Gasteiger partial charge in [0.05, 0.1) is 5.56 Å². The van der Waals surface area contributed by atoms with Crippen molar-refractivity contribution in [2.24, 2.45) is 11.8 Å². The van der Waals surface area contributed by atoms with Crippen LogP contribution in [0.1, 0.15) is 43.5 Å². The fraction of sp³-hybridized carbons (Fsp3) is 0.545. The highest BCUT2D eigenvalue weighted by Gasteiger charge is 2.34. The van der Waals surface area contributed by atoms with E-state index in [1.165, 1.54) is 12.8 Å². The molecular formula is C22H29N3O2. The molecule has 0 spiro atoms. The molecule has 1 aromatic heterocycles. The fourth-order valence-electron chi connectivity index (χ4n) is 4.21. The van der Waals surface area contributed by atoms with Gasteiger partial charge in [-0.1, -0.05) is 26.0 Å². The Morgan fingerprint density at radius 1 is 1.26 bits per heavy atom. The average Bonchev–Trinajstić information content (AvgIpc) is 3.49. The molecule has 2 heterocycles. The van der Waals surface area contributed by atoms with E-state index in [4.69, 9.17) is 0 Å². The molecule has 2 aromatic rings. The Bertz CT molecular complexity index is 831. The van der Waals surface area contributed by atoms with Crippen LogP contribution < -0.4 is 0 Å². The van der Waals surface area contributed by atoms with E-state index in [2.05, 4.69) is 23.7 Å². The van der Waals surface area contributed by atoms with Crippen molar-refractivity contribution in [1.29, 1.82) is 0 Å². The zero-order chi connectivity index (χ0) is 19.0. The Morgan fingerprint density at radius 2 is 2.07 bits per heavy atom. The van der Waals surface area contributed by atoms with Gasteiger partial charge in [-0.3, -0.25) is 14.7 Å². The Labute approximate surface area is 161 Å². The number of nitrogens with zero attached hydrogens (tertiary/aromatic N) is 3. The summed E-state index contributed by atoms with van der Waals surface area (Å²) >= 11 is 0. The van der Waals surface area contributed by atoms with Crippen molar-refractivity contribution in [2.75, 3.05) is 26.2 Å². The fourth-order valence-corrected chi connectivity index (χ4v) is 4.21. The number of hydrogen-bond donors (Lipinski definition) is 1. The van der Waals surface area contributed by atoms with Gasteiger partial charge in [-0.25, -0.2) is 0 Å². The predicted molar refractivity (Wildman–Crippen MR) is 107 cm³/mol. The lowest BCUT2D eigenvalue weighted by atomic mass is 10.0. The van der Waals surface area contributed by atoms with Gasteiger partial charge < -0.3 is 10.0 Å². The number of phenolic OH excluding ortho intramolecular Hbond substituents is 1. The van der Waals surface area contributed by atoms with E-state index in [0.29, 0.717) is 23.0 Å². The summed E-state index contributed by atoms with van der Waals surface area (Å²) in [6.07, 6.45) is 5.32. The Kier molecular flexibility index (Phi) is 5.04. The summed E-state index contributed by atoms with van der Waals surface area (Å²) in [4.78, 5) is 22.0. The van der Waals surface area contributed by atoms with Crippen LogP contribution in [0.5, 0.6) is 5.75 Å². The highest BCUT2D eigenvalue weighted by atomic mass is 16.3. The minimum atomic E-state index is -0.0843. The van der Waals surface area contributed by atoms with Crippen molar-refractivity contribution in [3.63, 3.8) is 0 Å². The first-order chi connectivity index (χ1) is 13.0. The minimum absolute atomic E-state index is 0.00159. The minimum Gasteiger partial charge on any atom is -0.505 e. The summed E-state index contributed by atoms with van der Waals surface area (Å²) in [5, 5.41) is 11.5. The largest absolute Gasteiger partial charge is 0.505 e. The van der Waals surface area contributed by atoms with Crippen molar-refractivity contribution in [2.45, 2.75) is 39.2 Å². The quantitative estimate of drug-likeness (QED) is 0.898. The van der Waals surface area contributed by atoms with Crippen LogP contribution in [0.3, 0.4) is 0 Å². The summed E-state index contributed by atoms with van der Waals surface area (Å²) in [6.45, 7) is 8.17. The highest BCUT2D eigenvalue weighted by Crippen LogP contribution is 2.33. The third-order valence-electron chi connectivity index (χ3n) is 5.97. The standard InChI is InChI=1S/C22H29N3O2/c1-15(2)19-14-25(12-4-11-24(19)13-16-6-7-16)22(27)18-9-8-17-5-3-10-23-20(17)21(18)26/h3,5,8-10,15-16,19,26H,4,6-7,11-14H2,1-2H3. The molecule has 0 bridgehead atoms. The number of aromatic hydroxyl groups is 1. The summed E-state index contributed by atoms with van der Waals surface area (Å²) < 4.78 is 0. The molecule has 1 atom stereocenters. The van der Waals surface area contributed by atoms with Gasteiger partial charge in [0.2, 0.25) is 0 Å². The number of pyridine rings is 1. The van der Waals surface area contributed by atoms with Crippen LogP contribution in [0.15, 0.2) is 30.5 Å². The van der Waals surface area contributed by atoms with Gasteiger partial charge in [0.25, 0.3) is 5.91 Å². The van der Waals surface area contributed by atoms with Gasteiger partial charge in [-0.2, -0.15) is 0 Å². The second-order valence-corrected chi connectivity index (χ2v) is 8.39. The second-order valence-electron chi connectivity index (χ2n) is 8.39. The van der Waals surface area contributed by atoms with E-state index in [1.807, 2.05) is 23.1 Å². The Hall–Kier alpha value is -2.14. The molecule has 1 unspecified atom stereocenters. The van der Waals surface area contributed by atoms with E-state index >= 15 is 0 Å². The number of hydrogen-bond acceptors (Lipinski definition) is 4. The summed E-state index contributed by atoms with van der Waals surface area (Å²) in [5.74, 6) is 1.25. The summed E-state index contributed by atoms with van der Waals surface area (Å²) in [6, 6.07) is 7.70. The monoisotopic (exact) mass is 367 g/mol. The van der Waals surface area contributed by atoms with Gasteiger partial charge in [0.15, 0.2) is 5.75 Å². The van der Waals surface area contributed by atoms with E-state index in [0.717, 1.165) is 43.9 Å². The molecule has 2 aliphatic rings. The zero-order valence-electron chi connectivity index (χ0n) is 16.3. The van der Waals surface area contributed by atoms with Crippen LogP contribution in [0.4, 0.5) is 0 Å². The lowest BCUT2D eigenvalue weighted by Gasteiger charge is -2.34. The molecule has 1 amide bonds. The molecular weight excluding hydrogens is 338 g/mol. The van der Waals surface area contributed by atoms with Crippen LogP contribution in [0.2, 0.25) is 0 Å². The molecule has 2 fully saturated rings. The van der Waals surface area contributed by atoms with Crippen LogP contribution in [-0.4, -0.2) is 58.0 Å². The number of fused-ring (bicyclic) bond motifs is 1. The van der Waals surface area contributed by atoms with Crippen molar-refractivity contribution in [3.05, 3.63) is 36.0 Å². The molecule has 4 rings (SSSR count). The molecule has 1 saturated heterocycles. The van der Waals surface area contributed by atoms with E-state index in [1.54, 1.807) is 12.3 Å². The number of amides is 1. The molecule has 0 radical (unpaired) electrons. The number of aromatic nitrogens is 1. The van der Waals surface area contributed by atoms with E-state index in [-0.39, 0.29) is 11.7 Å². The molecule has 1 aliphatic heterocycles. The van der Waals surface area contributed by atoms with Gasteiger partial charge in [0, 0.05) is 43.8 Å². The third-order valence-corrected chi connectivity index (χ3v) is 5.97. The smallest absolute Gasteiger partial charge is 0.257 e. The van der Waals surface area contributed by atoms with Gasteiger partial charge in [-0.15, -0.1) is 0 Å². The van der Waals surface area contributed by atoms with Crippen molar-refractivity contribution < 1.29 is 9.90 Å². The molecule has 5 nitrogen and oxygen atoms in total. The van der Waals surface area contributed by atoms with Gasteiger partial charge in [-0.05, 0) is 43.2 Å². The maximum Gasteiger partial charge on any atom is 0.257 e. The number of phenols is 1. The first-order valence-corrected chi connectivity index (χ1v) is 10.1. The molecule has 1 aromatic carbocycles. The lowest BCUT2D eigenvalue weighted by molar-refractivity contribution is 0.0701. The maximum absolute atomic E-state index is 13.2. The number of benzene rings is 1. The zero-order valence-corrected chi connectivity index (χ0v) is 16.3. The molecule has 1 aliphatic carbocycles. The SMILES string of the molecule is CC(C)C1CN(C(=O)c2ccc3cccnc3c2O)CCCN1CC1CC1. The summed E-state index contributed by atoms with van der Waals surface area (Å²) in [5.41, 5.74) is 0.855. The van der Waals surface area contributed by atoms with Crippen molar-refractivity contribution in [3.8, 4) is 5.75 Å². The van der Waals surface area contributed by atoms with Gasteiger partial charge >= 0.3 is 0 Å². The lowest BCUT2D eigenvalue weighted by Crippen LogP contribution is -2.46. The van der Waals surface area contributed by atoms with E-state index in [9.17, 15) is 9.90 Å². The third kappa shape index (κ3) is 3.79. The highest BCUT2D eigenvalue weighted by molar-refractivity contribution is 6.02. The topological polar surface area (TPSA) is 56.7 Å². The van der Waals surface area contributed by atoms with Gasteiger partial charge in [0.1, 0.15) is 5.52 Å². The number of carbonyl (C=O) groups excluding carboxylic acids is 1. The summed E-state index contributed by atoms with van der Waals surface area (Å²) in [7, 11) is 0. The predicted octanol–water partition coefficient (Wildman–Crippen LogP) is 3.52. The molecule has 27 heavy (non-hydrogen) atoms. The molecule has 5 heteroatoms. The molecule has 1 N–H and O–H groups in total. The van der Waals surface area contributed by atoms with Crippen molar-refractivity contribution >= 4 is 16.8 Å².